The maximum Gasteiger partial charge on any atom is 0.229 e. The van der Waals surface area contributed by atoms with Gasteiger partial charge in [-0.05, 0) is 31.4 Å². The summed E-state index contributed by atoms with van der Waals surface area (Å²) in [6.45, 7) is 5.29. The van der Waals surface area contributed by atoms with E-state index in [2.05, 4.69) is 30.4 Å². The van der Waals surface area contributed by atoms with Crippen LogP contribution in [-0.2, 0) is 16.0 Å². The second-order valence-corrected chi connectivity index (χ2v) is 5.68. The van der Waals surface area contributed by atoms with E-state index in [9.17, 15) is 4.79 Å². The predicted molar refractivity (Wildman–Crippen MR) is 86.3 cm³/mol. The van der Waals surface area contributed by atoms with E-state index in [-0.39, 0.29) is 24.4 Å². The molecule has 2 aliphatic rings. The first kappa shape index (κ1) is 16.3. The average Bonchev–Trinajstić information content (AvgIpc) is 2.47. The lowest BCUT2D eigenvalue weighted by Crippen LogP contribution is -2.43. The van der Waals surface area contributed by atoms with Crippen LogP contribution in [-0.4, -0.2) is 38.3 Å². The second-order valence-electron chi connectivity index (χ2n) is 5.68. The number of nitrogens with one attached hydrogen (secondary N) is 1. The van der Waals surface area contributed by atoms with Gasteiger partial charge in [-0.3, -0.25) is 4.79 Å². The lowest BCUT2D eigenvalue weighted by molar-refractivity contribution is -0.122. The molecule has 0 bridgehead atoms. The number of morpholine rings is 1. The van der Waals surface area contributed by atoms with E-state index in [0.717, 1.165) is 38.2 Å². The molecule has 1 N–H and O–H groups in total. The number of anilines is 1. The molecule has 2 heterocycles. The summed E-state index contributed by atoms with van der Waals surface area (Å²) in [5.41, 5.74) is 3.65. The van der Waals surface area contributed by atoms with Crippen LogP contribution in [0, 0.1) is 6.92 Å². The number of benzene rings is 1. The first-order chi connectivity index (χ1) is 9.74. The Morgan fingerprint density at radius 2 is 2.33 bits per heavy atom. The molecule has 0 saturated carbocycles. The predicted octanol–water partition coefficient (Wildman–Crippen LogP) is 2.07. The lowest BCUT2D eigenvalue weighted by Gasteiger charge is -2.32. The number of fused-ring (bicyclic) bond motifs is 1. The van der Waals surface area contributed by atoms with Gasteiger partial charge >= 0.3 is 0 Å². The molecule has 1 atom stereocenters. The fourth-order valence-electron chi connectivity index (χ4n) is 3.04. The number of nitrogens with zero attached hydrogens (tertiary/aromatic N) is 1. The molecule has 21 heavy (non-hydrogen) atoms. The fourth-order valence-corrected chi connectivity index (χ4v) is 3.04. The first-order valence-corrected chi connectivity index (χ1v) is 7.46. The Labute approximate surface area is 132 Å². The Kier molecular flexibility index (Phi) is 5.62. The van der Waals surface area contributed by atoms with E-state index >= 15 is 0 Å². The van der Waals surface area contributed by atoms with E-state index in [0.29, 0.717) is 13.0 Å². The summed E-state index contributed by atoms with van der Waals surface area (Å²) in [6, 6.07) is 6.37. The zero-order valence-corrected chi connectivity index (χ0v) is 13.2. The SMILES string of the molecule is Cc1ccc2c(c1)CCCN2C(=O)CC1CNCCO1.Cl. The van der Waals surface area contributed by atoms with Gasteiger partial charge in [0.1, 0.15) is 0 Å². The summed E-state index contributed by atoms with van der Waals surface area (Å²) in [7, 11) is 0. The first-order valence-electron chi connectivity index (χ1n) is 7.46. The molecule has 1 aromatic rings. The molecule has 116 valence electrons. The van der Waals surface area contributed by atoms with Crippen LogP contribution in [0.1, 0.15) is 24.0 Å². The van der Waals surface area contributed by atoms with Crippen molar-refractivity contribution in [1.29, 1.82) is 0 Å². The molecule has 0 radical (unpaired) electrons. The van der Waals surface area contributed by atoms with Crippen LogP contribution in [0.25, 0.3) is 0 Å². The number of carbonyl (C=O) groups is 1. The van der Waals surface area contributed by atoms with Crippen LogP contribution in [0.15, 0.2) is 18.2 Å². The number of halogens is 1. The Bertz CT molecular complexity index is 501. The molecule has 5 heteroatoms. The van der Waals surface area contributed by atoms with Gasteiger partial charge in [0.15, 0.2) is 0 Å². The maximum atomic E-state index is 12.5. The summed E-state index contributed by atoms with van der Waals surface area (Å²) < 4.78 is 5.64. The number of hydrogen-bond acceptors (Lipinski definition) is 3. The number of amides is 1. The zero-order valence-electron chi connectivity index (χ0n) is 12.4. The topological polar surface area (TPSA) is 41.6 Å². The zero-order chi connectivity index (χ0) is 13.9. The number of hydrogen-bond donors (Lipinski definition) is 1. The Morgan fingerprint density at radius 3 is 3.10 bits per heavy atom. The molecule has 1 amide bonds. The summed E-state index contributed by atoms with van der Waals surface area (Å²) in [4.78, 5) is 14.5. The van der Waals surface area contributed by atoms with Gasteiger partial charge in [0.05, 0.1) is 19.1 Å². The van der Waals surface area contributed by atoms with E-state index < -0.39 is 0 Å². The molecule has 0 spiro atoms. The van der Waals surface area contributed by atoms with Crippen molar-refractivity contribution in [2.24, 2.45) is 0 Å². The van der Waals surface area contributed by atoms with Gasteiger partial charge in [-0.1, -0.05) is 17.7 Å². The molecule has 0 aromatic heterocycles. The van der Waals surface area contributed by atoms with E-state index in [1.54, 1.807) is 0 Å². The minimum atomic E-state index is 0. The lowest BCUT2D eigenvalue weighted by atomic mass is 9.99. The molecule has 4 nitrogen and oxygen atoms in total. The highest BCUT2D eigenvalue weighted by molar-refractivity contribution is 5.95. The number of ether oxygens (including phenoxy) is 1. The quantitative estimate of drug-likeness (QED) is 0.909. The van der Waals surface area contributed by atoms with E-state index in [4.69, 9.17) is 4.74 Å². The van der Waals surface area contributed by atoms with Crippen LogP contribution in [0.4, 0.5) is 5.69 Å². The third-order valence-corrected chi connectivity index (χ3v) is 4.06. The van der Waals surface area contributed by atoms with Crippen LogP contribution in [0.2, 0.25) is 0 Å². The standard InChI is InChI=1S/C16H22N2O2.ClH/c1-12-4-5-15-13(9-12)3-2-7-18(15)16(19)10-14-11-17-6-8-20-14;/h4-5,9,14,17H,2-3,6-8,10-11H2,1H3;1H. The largest absolute Gasteiger partial charge is 0.375 e. The molecule has 1 saturated heterocycles. The van der Waals surface area contributed by atoms with Gasteiger partial charge < -0.3 is 15.0 Å². The van der Waals surface area contributed by atoms with Crippen molar-refractivity contribution >= 4 is 24.0 Å². The Balaban J connectivity index is 0.00000161. The van der Waals surface area contributed by atoms with Gasteiger partial charge in [-0.25, -0.2) is 0 Å². The molecule has 1 fully saturated rings. The van der Waals surface area contributed by atoms with Crippen molar-refractivity contribution < 1.29 is 9.53 Å². The van der Waals surface area contributed by atoms with Gasteiger partial charge in [-0.15, -0.1) is 12.4 Å². The van der Waals surface area contributed by atoms with Crippen molar-refractivity contribution in [1.82, 2.24) is 5.32 Å². The van der Waals surface area contributed by atoms with E-state index in [1.807, 2.05) is 4.90 Å². The van der Waals surface area contributed by atoms with Crippen molar-refractivity contribution in [3.63, 3.8) is 0 Å². The molecule has 1 aromatic carbocycles. The van der Waals surface area contributed by atoms with Crippen molar-refractivity contribution in [2.75, 3.05) is 31.1 Å². The van der Waals surface area contributed by atoms with Gasteiger partial charge in [0.2, 0.25) is 5.91 Å². The third kappa shape index (κ3) is 3.76. The molecule has 1 unspecified atom stereocenters. The van der Waals surface area contributed by atoms with Gasteiger partial charge in [-0.2, -0.15) is 0 Å². The molecule has 0 aliphatic carbocycles. The van der Waals surface area contributed by atoms with Gasteiger partial charge in [0, 0.05) is 25.3 Å². The Morgan fingerprint density at radius 1 is 1.48 bits per heavy atom. The maximum absolute atomic E-state index is 12.5. The monoisotopic (exact) mass is 310 g/mol. The summed E-state index contributed by atoms with van der Waals surface area (Å²) in [6.07, 6.45) is 2.61. The highest BCUT2D eigenvalue weighted by Crippen LogP contribution is 2.28. The number of aryl methyl sites for hydroxylation is 2. The van der Waals surface area contributed by atoms with Crippen LogP contribution >= 0.6 is 12.4 Å². The van der Waals surface area contributed by atoms with Crippen LogP contribution < -0.4 is 10.2 Å². The van der Waals surface area contributed by atoms with E-state index in [1.165, 1.54) is 11.1 Å². The normalized spacial score (nSPS) is 21.4. The smallest absolute Gasteiger partial charge is 0.229 e. The number of carbonyl (C=O) groups excluding carboxylic acids is 1. The van der Waals surface area contributed by atoms with Gasteiger partial charge in [0.25, 0.3) is 0 Å². The highest BCUT2D eigenvalue weighted by atomic mass is 35.5. The molecular formula is C16H23ClN2O2. The molecule has 2 aliphatic heterocycles. The molecule has 3 rings (SSSR count). The third-order valence-electron chi connectivity index (χ3n) is 4.06. The van der Waals surface area contributed by atoms with Crippen LogP contribution in [0.5, 0.6) is 0 Å². The minimum absolute atomic E-state index is 0. The Hall–Kier alpha value is -1.10. The number of rotatable bonds is 2. The highest BCUT2D eigenvalue weighted by Gasteiger charge is 2.25. The van der Waals surface area contributed by atoms with Crippen LogP contribution in [0.3, 0.4) is 0 Å². The van der Waals surface area contributed by atoms with Crippen molar-refractivity contribution in [3.8, 4) is 0 Å². The average molecular weight is 311 g/mol. The van der Waals surface area contributed by atoms with Crippen molar-refractivity contribution in [3.05, 3.63) is 29.3 Å². The summed E-state index contributed by atoms with van der Waals surface area (Å²) in [5, 5.41) is 3.27. The minimum Gasteiger partial charge on any atom is -0.375 e. The fraction of sp³-hybridized carbons (Fsp3) is 0.562. The summed E-state index contributed by atoms with van der Waals surface area (Å²) in [5.74, 6) is 0.184. The summed E-state index contributed by atoms with van der Waals surface area (Å²) >= 11 is 0. The van der Waals surface area contributed by atoms with Crippen molar-refractivity contribution in [2.45, 2.75) is 32.3 Å². The second kappa shape index (κ2) is 7.25. The molecular weight excluding hydrogens is 288 g/mol.